The lowest BCUT2D eigenvalue weighted by Crippen LogP contribution is -2.30. The molecule has 0 aliphatic heterocycles. The molecule has 0 aromatic heterocycles. The van der Waals surface area contributed by atoms with Gasteiger partial charge in [0.25, 0.3) is 0 Å². The van der Waals surface area contributed by atoms with Crippen LogP contribution in [0, 0.1) is 0 Å². The maximum Gasteiger partial charge on any atom is 0.221 e. The van der Waals surface area contributed by atoms with E-state index in [-0.39, 0.29) is 11.9 Å². The molecule has 0 aliphatic rings. The van der Waals surface area contributed by atoms with Crippen LogP contribution in [-0.4, -0.2) is 11.9 Å². The second-order valence-corrected chi connectivity index (χ2v) is 4.21. The Morgan fingerprint density at radius 1 is 1.44 bits per heavy atom. The number of hydrogen-bond donors (Lipinski definition) is 2. The van der Waals surface area contributed by atoms with Crippen LogP contribution in [0.2, 0.25) is 5.02 Å². The number of nitrogens with two attached hydrogens (primary N) is 1. The third-order valence-corrected chi connectivity index (χ3v) is 2.63. The summed E-state index contributed by atoms with van der Waals surface area (Å²) in [7, 11) is 0. The van der Waals surface area contributed by atoms with Crippen LogP contribution >= 0.6 is 11.6 Å². The molecule has 3 nitrogen and oxygen atoms in total. The molecule has 0 saturated carbocycles. The minimum Gasteiger partial charge on any atom is -0.352 e. The topological polar surface area (TPSA) is 55.1 Å². The van der Waals surface area contributed by atoms with Gasteiger partial charge in [0.2, 0.25) is 5.91 Å². The molecule has 1 rings (SSSR count). The third kappa shape index (κ3) is 4.64. The fourth-order valence-electron chi connectivity index (χ4n) is 1.26. The average molecular weight is 241 g/mol. The van der Waals surface area contributed by atoms with E-state index in [4.69, 9.17) is 17.3 Å². The first kappa shape index (κ1) is 13.0. The fourth-order valence-corrected chi connectivity index (χ4v) is 1.38. The van der Waals surface area contributed by atoms with E-state index in [0.29, 0.717) is 18.0 Å². The summed E-state index contributed by atoms with van der Waals surface area (Å²) < 4.78 is 0. The smallest absolute Gasteiger partial charge is 0.221 e. The molecule has 0 aliphatic carbocycles. The van der Waals surface area contributed by atoms with Crippen molar-refractivity contribution in [1.82, 2.24) is 5.32 Å². The summed E-state index contributed by atoms with van der Waals surface area (Å²) >= 11 is 5.76. The standard InChI is InChI=1S/C12H17ClN2O/c1-2-11(14)7-12(16)15-8-9-3-5-10(13)6-4-9/h3-6,11H,2,7-8,14H2,1H3,(H,15,16). The highest BCUT2D eigenvalue weighted by Gasteiger charge is 2.06. The van der Waals surface area contributed by atoms with E-state index in [1.165, 1.54) is 0 Å². The summed E-state index contributed by atoms with van der Waals surface area (Å²) in [6.45, 7) is 2.49. The van der Waals surface area contributed by atoms with Gasteiger partial charge in [-0.25, -0.2) is 0 Å². The lowest BCUT2D eigenvalue weighted by atomic mass is 10.1. The molecular formula is C12H17ClN2O. The zero-order chi connectivity index (χ0) is 12.0. The van der Waals surface area contributed by atoms with Gasteiger partial charge < -0.3 is 11.1 Å². The molecule has 0 radical (unpaired) electrons. The molecule has 1 aromatic rings. The molecule has 1 unspecified atom stereocenters. The molecule has 1 amide bonds. The molecule has 0 heterocycles. The molecular weight excluding hydrogens is 224 g/mol. The van der Waals surface area contributed by atoms with Crippen LogP contribution < -0.4 is 11.1 Å². The number of carbonyl (C=O) groups excluding carboxylic acids is 1. The summed E-state index contributed by atoms with van der Waals surface area (Å²) in [5.74, 6) is -0.00991. The maximum atomic E-state index is 11.4. The second-order valence-electron chi connectivity index (χ2n) is 3.78. The predicted octanol–water partition coefficient (Wildman–Crippen LogP) is 2.08. The molecule has 88 valence electrons. The number of halogens is 1. The van der Waals surface area contributed by atoms with Gasteiger partial charge in [0, 0.05) is 24.0 Å². The van der Waals surface area contributed by atoms with Gasteiger partial charge in [-0.2, -0.15) is 0 Å². The average Bonchev–Trinajstić information content (AvgIpc) is 2.28. The number of carbonyl (C=O) groups is 1. The number of benzene rings is 1. The number of hydrogen-bond acceptors (Lipinski definition) is 2. The Morgan fingerprint density at radius 3 is 2.62 bits per heavy atom. The Kier molecular flexibility index (Phi) is 5.29. The van der Waals surface area contributed by atoms with Crippen LogP contribution in [0.15, 0.2) is 24.3 Å². The van der Waals surface area contributed by atoms with E-state index >= 15 is 0 Å². The van der Waals surface area contributed by atoms with Gasteiger partial charge >= 0.3 is 0 Å². The van der Waals surface area contributed by atoms with Crippen molar-refractivity contribution in [2.75, 3.05) is 0 Å². The molecule has 0 saturated heterocycles. The van der Waals surface area contributed by atoms with E-state index in [2.05, 4.69) is 5.32 Å². The Bertz CT molecular complexity index is 337. The Labute approximate surface area is 101 Å². The first-order valence-electron chi connectivity index (χ1n) is 5.38. The summed E-state index contributed by atoms with van der Waals surface area (Å²) in [6, 6.07) is 7.34. The van der Waals surface area contributed by atoms with Crippen LogP contribution in [0.25, 0.3) is 0 Å². The fraction of sp³-hybridized carbons (Fsp3) is 0.417. The van der Waals surface area contributed by atoms with Crippen LogP contribution in [-0.2, 0) is 11.3 Å². The van der Waals surface area contributed by atoms with Crippen LogP contribution in [0.1, 0.15) is 25.3 Å². The summed E-state index contributed by atoms with van der Waals surface area (Å²) in [5, 5.41) is 3.52. The van der Waals surface area contributed by atoms with Crippen molar-refractivity contribution in [1.29, 1.82) is 0 Å². The van der Waals surface area contributed by atoms with E-state index in [0.717, 1.165) is 12.0 Å². The van der Waals surface area contributed by atoms with Gasteiger partial charge in [0.1, 0.15) is 0 Å². The molecule has 1 aromatic carbocycles. The molecule has 0 bridgehead atoms. The maximum absolute atomic E-state index is 11.4. The number of nitrogens with one attached hydrogen (secondary N) is 1. The number of amides is 1. The van der Waals surface area contributed by atoms with Gasteiger partial charge in [-0.3, -0.25) is 4.79 Å². The molecule has 4 heteroatoms. The Balaban J connectivity index is 2.34. The van der Waals surface area contributed by atoms with Crippen LogP contribution in [0.5, 0.6) is 0 Å². The van der Waals surface area contributed by atoms with E-state index in [1.54, 1.807) is 12.1 Å². The van der Waals surface area contributed by atoms with E-state index < -0.39 is 0 Å². The van der Waals surface area contributed by atoms with Crippen LogP contribution in [0.4, 0.5) is 0 Å². The van der Waals surface area contributed by atoms with Gasteiger partial charge in [-0.05, 0) is 24.1 Å². The van der Waals surface area contributed by atoms with Crippen molar-refractivity contribution in [2.24, 2.45) is 5.73 Å². The highest BCUT2D eigenvalue weighted by molar-refractivity contribution is 6.30. The van der Waals surface area contributed by atoms with Gasteiger partial charge in [0.05, 0.1) is 0 Å². The lowest BCUT2D eigenvalue weighted by Gasteiger charge is -2.09. The van der Waals surface area contributed by atoms with E-state index in [1.807, 2.05) is 19.1 Å². The summed E-state index contributed by atoms with van der Waals surface area (Å²) in [6.07, 6.45) is 1.19. The predicted molar refractivity (Wildman–Crippen MR) is 66.2 cm³/mol. The van der Waals surface area contributed by atoms with Gasteiger partial charge in [-0.1, -0.05) is 30.7 Å². The van der Waals surface area contributed by atoms with Crippen molar-refractivity contribution >= 4 is 17.5 Å². The zero-order valence-electron chi connectivity index (χ0n) is 9.37. The molecule has 0 fully saturated rings. The Morgan fingerprint density at radius 2 is 2.06 bits per heavy atom. The first-order valence-corrected chi connectivity index (χ1v) is 5.76. The second kappa shape index (κ2) is 6.51. The van der Waals surface area contributed by atoms with Crippen molar-refractivity contribution in [2.45, 2.75) is 32.4 Å². The quantitative estimate of drug-likeness (QED) is 0.828. The van der Waals surface area contributed by atoms with Crippen molar-refractivity contribution in [3.05, 3.63) is 34.9 Å². The van der Waals surface area contributed by atoms with Crippen molar-refractivity contribution in [3.63, 3.8) is 0 Å². The number of rotatable bonds is 5. The largest absolute Gasteiger partial charge is 0.352 e. The lowest BCUT2D eigenvalue weighted by molar-refractivity contribution is -0.121. The molecule has 0 spiro atoms. The SMILES string of the molecule is CCC(N)CC(=O)NCc1ccc(Cl)cc1. The first-order chi connectivity index (χ1) is 7.61. The molecule has 16 heavy (non-hydrogen) atoms. The Hall–Kier alpha value is -1.06. The van der Waals surface area contributed by atoms with Crippen molar-refractivity contribution < 1.29 is 4.79 Å². The minimum atomic E-state index is -0.0507. The monoisotopic (exact) mass is 240 g/mol. The zero-order valence-corrected chi connectivity index (χ0v) is 10.1. The van der Waals surface area contributed by atoms with Crippen LogP contribution in [0.3, 0.4) is 0 Å². The highest BCUT2D eigenvalue weighted by atomic mass is 35.5. The third-order valence-electron chi connectivity index (χ3n) is 2.37. The van der Waals surface area contributed by atoms with Gasteiger partial charge in [0.15, 0.2) is 0 Å². The van der Waals surface area contributed by atoms with Gasteiger partial charge in [-0.15, -0.1) is 0 Å². The van der Waals surface area contributed by atoms with E-state index in [9.17, 15) is 4.79 Å². The highest BCUT2D eigenvalue weighted by Crippen LogP contribution is 2.09. The summed E-state index contributed by atoms with van der Waals surface area (Å²) in [5.41, 5.74) is 6.71. The summed E-state index contributed by atoms with van der Waals surface area (Å²) in [4.78, 5) is 11.4. The minimum absolute atomic E-state index is 0.00991. The van der Waals surface area contributed by atoms with Crippen molar-refractivity contribution in [3.8, 4) is 0 Å². The molecule has 1 atom stereocenters. The normalized spacial score (nSPS) is 12.2. The molecule has 3 N–H and O–H groups in total.